The minimum atomic E-state index is -0.523. The number of ether oxygens (including phenoxy) is 2. The second-order valence-corrected chi connectivity index (χ2v) is 7.09. The van der Waals surface area contributed by atoms with Crippen LogP contribution in [0.1, 0.15) is 34.6 Å². The number of halogens is 1. The van der Waals surface area contributed by atoms with E-state index >= 15 is 0 Å². The smallest absolute Gasteiger partial charge is 0.407 e. The third-order valence-corrected chi connectivity index (χ3v) is 2.79. The Hall–Kier alpha value is -1.23. The Bertz CT molecular complexity index is 449. The zero-order valence-corrected chi connectivity index (χ0v) is 14.2. The van der Waals surface area contributed by atoms with Gasteiger partial charge in [-0.2, -0.15) is 0 Å². The lowest BCUT2D eigenvalue weighted by Gasteiger charge is -2.28. The molecule has 0 radical (unpaired) electrons. The van der Waals surface area contributed by atoms with Gasteiger partial charge in [0, 0.05) is 4.47 Å². The van der Waals surface area contributed by atoms with Crippen molar-refractivity contribution >= 4 is 22.0 Å². The van der Waals surface area contributed by atoms with E-state index in [-0.39, 0.29) is 0 Å². The van der Waals surface area contributed by atoms with E-state index in [2.05, 4.69) is 21.2 Å². The van der Waals surface area contributed by atoms with E-state index in [9.17, 15) is 4.79 Å². The summed E-state index contributed by atoms with van der Waals surface area (Å²) in [5.74, 6) is 0.754. The highest BCUT2D eigenvalue weighted by molar-refractivity contribution is 9.10. The van der Waals surface area contributed by atoms with Crippen molar-refractivity contribution < 1.29 is 14.3 Å². The van der Waals surface area contributed by atoms with Gasteiger partial charge in [-0.05, 0) is 58.9 Å². The van der Waals surface area contributed by atoms with E-state index < -0.39 is 17.3 Å². The molecule has 0 aliphatic rings. The lowest BCUT2D eigenvalue weighted by Crippen LogP contribution is -2.44. The van der Waals surface area contributed by atoms with Crippen LogP contribution in [-0.4, -0.2) is 23.8 Å². The van der Waals surface area contributed by atoms with Crippen LogP contribution in [0.2, 0.25) is 0 Å². The van der Waals surface area contributed by atoms with Crippen LogP contribution in [0, 0.1) is 0 Å². The molecule has 0 unspecified atom stereocenters. The number of nitrogens with one attached hydrogen (secondary N) is 1. The van der Waals surface area contributed by atoms with Gasteiger partial charge in [-0.3, -0.25) is 0 Å². The van der Waals surface area contributed by atoms with Crippen LogP contribution >= 0.6 is 15.9 Å². The third-order valence-electron chi connectivity index (χ3n) is 2.27. The normalized spacial score (nSPS) is 11.9. The average Bonchev–Trinajstić information content (AvgIpc) is 2.27. The maximum absolute atomic E-state index is 11.6. The summed E-state index contributed by atoms with van der Waals surface area (Å²) < 4.78 is 12.0. The maximum atomic E-state index is 11.6. The lowest BCUT2D eigenvalue weighted by molar-refractivity contribution is 0.0443. The predicted molar refractivity (Wildman–Crippen MR) is 83.1 cm³/mol. The van der Waals surface area contributed by atoms with Crippen molar-refractivity contribution in [2.24, 2.45) is 0 Å². The van der Waals surface area contributed by atoms with E-state index in [0.29, 0.717) is 6.54 Å². The molecule has 1 rings (SSSR count). The Kier molecular flexibility index (Phi) is 5.45. The third kappa shape index (κ3) is 6.80. The number of hydrogen-bond donors (Lipinski definition) is 1. The molecule has 1 aromatic carbocycles. The molecule has 5 heteroatoms. The summed E-state index contributed by atoms with van der Waals surface area (Å²) in [5, 5.41) is 2.72. The van der Waals surface area contributed by atoms with Crippen molar-refractivity contribution in [3.8, 4) is 5.75 Å². The number of rotatable bonds is 4. The maximum Gasteiger partial charge on any atom is 0.407 e. The quantitative estimate of drug-likeness (QED) is 0.893. The van der Waals surface area contributed by atoms with E-state index in [1.54, 1.807) is 0 Å². The summed E-state index contributed by atoms with van der Waals surface area (Å²) in [6, 6.07) is 7.57. The molecule has 1 amide bonds. The number of carbonyl (C=O) groups is 1. The largest absolute Gasteiger partial charge is 0.486 e. The molecule has 0 aliphatic carbocycles. The van der Waals surface area contributed by atoms with Crippen LogP contribution in [0.4, 0.5) is 4.79 Å². The van der Waals surface area contributed by atoms with Gasteiger partial charge in [0.05, 0.1) is 6.54 Å². The summed E-state index contributed by atoms with van der Waals surface area (Å²) >= 11 is 3.37. The second-order valence-electron chi connectivity index (χ2n) is 6.17. The van der Waals surface area contributed by atoms with Gasteiger partial charge in [0.1, 0.15) is 17.0 Å². The molecule has 0 aliphatic heterocycles. The van der Waals surface area contributed by atoms with E-state index in [1.165, 1.54) is 0 Å². The second kappa shape index (κ2) is 6.48. The molecule has 112 valence electrons. The molecule has 0 atom stereocenters. The van der Waals surface area contributed by atoms with Gasteiger partial charge >= 0.3 is 6.09 Å². The predicted octanol–water partition coefficient (Wildman–Crippen LogP) is 4.13. The van der Waals surface area contributed by atoms with Crippen molar-refractivity contribution in [1.82, 2.24) is 5.32 Å². The van der Waals surface area contributed by atoms with Crippen LogP contribution in [0.15, 0.2) is 28.7 Å². The van der Waals surface area contributed by atoms with Crippen molar-refractivity contribution in [2.45, 2.75) is 45.8 Å². The first-order valence-corrected chi connectivity index (χ1v) is 7.28. The summed E-state index contributed by atoms with van der Waals surface area (Å²) in [7, 11) is 0. The Morgan fingerprint density at radius 1 is 1.15 bits per heavy atom. The Morgan fingerprint density at radius 2 is 1.70 bits per heavy atom. The van der Waals surface area contributed by atoms with Gasteiger partial charge in [0.15, 0.2) is 0 Å². The first kappa shape index (κ1) is 16.8. The molecule has 0 saturated carbocycles. The van der Waals surface area contributed by atoms with Crippen molar-refractivity contribution in [2.75, 3.05) is 6.54 Å². The summed E-state index contributed by atoms with van der Waals surface area (Å²) in [5.41, 5.74) is -1.02. The van der Waals surface area contributed by atoms with Crippen LogP contribution in [-0.2, 0) is 4.74 Å². The Morgan fingerprint density at radius 3 is 2.20 bits per heavy atom. The lowest BCUT2D eigenvalue weighted by atomic mass is 10.1. The topological polar surface area (TPSA) is 47.6 Å². The molecule has 20 heavy (non-hydrogen) atoms. The summed E-state index contributed by atoms with van der Waals surface area (Å²) in [4.78, 5) is 11.6. The van der Waals surface area contributed by atoms with Gasteiger partial charge in [-0.25, -0.2) is 4.79 Å². The molecule has 0 spiro atoms. The number of carbonyl (C=O) groups excluding carboxylic acids is 1. The zero-order chi connectivity index (χ0) is 15.4. The summed E-state index contributed by atoms with van der Waals surface area (Å²) in [6.45, 7) is 9.67. The minimum Gasteiger partial charge on any atom is -0.486 e. The highest BCUT2D eigenvalue weighted by Crippen LogP contribution is 2.20. The fourth-order valence-electron chi connectivity index (χ4n) is 1.46. The van der Waals surface area contributed by atoms with E-state index in [0.717, 1.165) is 10.2 Å². The molecular formula is C15H22BrNO3. The summed E-state index contributed by atoms with van der Waals surface area (Å²) in [6.07, 6.45) is -0.440. The molecule has 0 bridgehead atoms. The van der Waals surface area contributed by atoms with Gasteiger partial charge in [-0.1, -0.05) is 15.9 Å². The average molecular weight is 344 g/mol. The number of hydrogen-bond acceptors (Lipinski definition) is 3. The molecule has 1 aromatic rings. The Labute approximate surface area is 129 Å². The van der Waals surface area contributed by atoms with Crippen molar-refractivity contribution in [1.29, 1.82) is 0 Å². The van der Waals surface area contributed by atoms with Crippen LogP contribution in [0.3, 0.4) is 0 Å². The fourth-order valence-corrected chi connectivity index (χ4v) is 1.72. The van der Waals surface area contributed by atoms with Crippen LogP contribution < -0.4 is 10.1 Å². The number of alkyl carbamates (subject to hydrolysis) is 1. The van der Waals surface area contributed by atoms with Crippen molar-refractivity contribution in [3.05, 3.63) is 28.7 Å². The fraction of sp³-hybridized carbons (Fsp3) is 0.533. The molecule has 0 aromatic heterocycles. The zero-order valence-electron chi connectivity index (χ0n) is 12.6. The molecule has 4 nitrogen and oxygen atoms in total. The van der Waals surface area contributed by atoms with E-state index in [1.807, 2.05) is 58.9 Å². The number of amides is 1. The molecule has 0 saturated heterocycles. The van der Waals surface area contributed by atoms with Crippen molar-refractivity contribution in [3.63, 3.8) is 0 Å². The SMILES string of the molecule is CC(C)(C)OC(=O)NCC(C)(C)Oc1ccc(Br)cc1. The standard InChI is InChI=1S/C15H22BrNO3/c1-14(2,3)20-13(18)17-10-15(4,5)19-12-8-6-11(16)7-9-12/h6-9H,10H2,1-5H3,(H,17,18). The van der Waals surface area contributed by atoms with Gasteiger partial charge in [0.2, 0.25) is 0 Å². The first-order valence-electron chi connectivity index (χ1n) is 6.49. The van der Waals surface area contributed by atoms with Gasteiger partial charge in [0.25, 0.3) is 0 Å². The highest BCUT2D eigenvalue weighted by atomic mass is 79.9. The molecule has 0 heterocycles. The molecular weight excluding hydrogens is 322 g/mol. The van der Waals surface area contributed by atoms with Gasteiger partial charge < -0.3 is 14.8 Å². The van der Waals surface area contributed by atoms with E-state index in [4.69, 9.17) is 9.47 Å². The minimum absolute atomic E-state index is 0.359. The number of benzene rings is 1. The first-order chi connectivity index (χ1) is 9.07. The van der Waals surface area contributed by atoms with Gasteiger partial charge in [-0.15, -0.1) is 0 Å². The Balaban J connectivity index is 2.49. The molecule has 1 N–H and O–H groups in total. The van der Waals surface area contributed by atoms with Crippen LogP contribution in [0.5, 0.6) is 5.75 Å². The molecule has 0 fully saturated rings. The van der Waals surface area contributed by atoms with Crippen LogP contribution in [0.25, 0.3) is 0 Å². The monoisotopic (exact) mass is 343 g/mol. The highest BCUT2D eigenvalue weighted by Gasteiger charge is 2.23.